The van der Waals surface area contributed by atoms with Crippen LogP contribution in [0, 0.1) is 13.8 Å². The molecular formula is C29H33F2N3O4. The number of pyridine rings is 1. The molecule has 0 spiro atoms. The Balaban J connectivity index is 0.00000164. The van der Waals surface area contributed by atoms with Gasteiger partial charge in [0.2, 0.25) is 5.92 Å². The van der Waals surface area contributed by atoms with E-state index in [2.05, 4.69) is 10.3 Å². The van der Waals surface area contributed by atoms with Crippen molar-refractivity contribution in [1.82, 2.24) is 4.98 Å². The van der Waals surface area contributed by atoms with Crippen LogP contribution in [0.2, 0.25) is 0 Å². The molecule has 0 unspecified atom stereocenters. The van der Waals surface area contributed by atoms with Crippen LogP contribution < -0.4 is 19.7 Å². The number of nitrogens with zero attached hydrogens (tertiary/aromatic N) is 2. The Morgan fingerprint density at radius 2 is 1.79 bits per heavy atom. The van der Waals surface area contributed by atoms with E-state index in [1.165, 1.54) is 0 Å². The molecule has 9 heteroatoms. The molecule has 38 heavy (non-hydrogen) atoms. The molecule has 3 aromatic rings. The van der Waals surface area contributed by atoms with E-state index in [1.54, 1.807) is 6.20 Å². The Morgan fingerprint density at radius 3 is 2.55 bits per heavy atom. The molecule has 202 valence electrons. The number of amides is 1. The molecule has 0 radical (unpaired) electrons. The van der Waals surface area contributed by atoms with Crippen LogP contribution in [0.5, 0.6) is 11.5 Å². The van der Waals surface area contributed by atoms with Gasteiger partial charge in [-0.1, -0.05) is 18.2 Å². The minimum atomic E-state index is -2.71. The third-order valence-electron chi connectivity index (χ3n) is 6.69. The monoisotopic (exact) mass is 525 g/mol. The van der Waals surface area contributed by atoms with E-state index in [9.17, 15) is 13.6 Å². The number of aliphatic hydroxyl groups is 1. The number of anilines is 2. The van der Waals surface area contributed by atoms with Gasteiger partial charge in [-0.25, -0.2) is 13.8 Å². The molecule has 2 N–H and O–H groups in total. The van der Waals surface area contributed by atoms with Gasteiger partial charge in [-0.2, -0.15) is 0 Å². The standard InChI is InChI=1S/C28H29F2N3O3.CH4O/c1-18-5-3-6-21(15-18)32-27(34)25-19(2)22(20-7-8-23-24(16-20)36-14-13-35-23)17-31-26(25)33-11-4-9-28(29,30)10-12-33;1-2/h3,5-8,15-17H,4,9-14H2,1-2H3,(H,32,34);2H,1H3. The van der Waals surface area contributed by atoms with Crippen molar-refractivity contribution >= 4 is 17.4 Å². The second-order valence-electron chi connectivity index (χ2n) is 9.37. The number of ether oxygens (including phenoxy) is 2. The van der Waals surface area contributed by atoms with Crippen LogP contribution in [0.3, 0.4) is 0 Å². The van der Waals surface area contributed by atoms with E-state index < -0.39 is 5.92 Å². The molecule has 2 aliphatic heterocycles. The molecule has 0 atom stereocenters. The first-order valence-electron chi connectivity index (χ1n) is 12.7. The van der Waals surface area contributed by atoms with Gasteiger partial charge >= 0.3 is 0 Å². The summed E-state index contributed by atoms with van der Waals surface area (Å²) >= 11 is 0. The number of rotatable bonds is 4. The molecule has 5 rings (SSSR count). The van der Waals surface area contributed by atoms with Gasteiger partial charge in [0, 0.05) is 50.5 Å². The lowest BCUT2D eigenvalue weighted by Gasteiger charge is -2.26. The Morgan fingerprint density at radius 1 is 1.03 bits per heavy atom. The van der Waals surface area contributed by atoms with Crippen LogP contribution in [0.4, 0.5) is 20.3 Å². The van der Waals surface area contributed by atoms with Crippen molar-refractivity contribution in [2.45, 2.75) is 39.0 Å². The molecular weight excluding hydrogens is 492 g/mol. The average Bonchev–Trinajstić information content (AvgIpc) is 3.09. The molecule has 1 fully saturated rings. The number of nitrogens with one attached hydrogen (secondary N) is 1. The highest BCUT2D eigenvalue weighted by Crippen LogP contribution is 2.38. The second kappa shape index (κ2) is 11.8. The number of alkyl halides is 2. The Bertz CT molecular complexity index is 1300. The maximum Gasteiger partial charge on any atom is 0.259 e. The van der Waals surface area contributed by atoms with Crippen LogP contribution in [0.25, 0.3) is 11.1 Å². The van der Waals surface area contributed by atoms with Crippen LogP contribution in [0.1, 0.15) is 40.7 Å². The topological polar surface area (TPSA) is 83.9 Å². The van der Waals surface area contributed by atoms with Crippen molar-refractivity contribution in [2.75, 3.05) is 43.6 Å². The van der Waals surface area contributed by atoms with Crippen molar-refractivity contribution in [2.24, 2.45) is 0 Å². The number of carbonyl (C=O) groups is 1. The molecule has 0 aliphatic carbocycles. The number of aliphatic hydroxyl groups excluding tert-OH is 1. The minimum absolute atomic E-state index is 0.132. The second-order valence-corrected chi connectivity index (χ2v) is 9.37. The number of halogens is 2. The maximum absolute atomic E-state index is 14.1. The van der Waals surface area contributed by atoms with Gasteiger partial charge in [0.15, 0.2) is 11.5 Å². The Hall–Kier alpha value is -3.72. The van der Waals surface area contributed by atoms with Crippen molar-refractivity contribution in [1.29, 1.82) is 0 Å². The third kappa shape index (κ3) is 6.05. The smallest absolute Gasteiger partial charge is 0.259 e. The van der Waals surface area contributed by atoms with Gasteiger partial charge in [-0.05, 0) is 61.2 Å². The predicted molar refractivity (Wildman–Crippen MR) is 144 cm³/mol. The molecule has 0 bridgehead atoms. The van der Waals surface area contributed by atoms with E-state index in [-0.39, 0.29) is 25.3 Å². The average molecular weight is 526 g/mol. The highest BCUT2D eigenvalue weighted by molar-refractivity contribution is 6.09. The van der Waals surface area contributed by atoms with Gasteiger partial charge in [0.05, 0.1) is 5.56 Å². The van der Waals surface area contributed by atoms with Crippen LogP contribution >= 0.6 is 0 Å². The molecule has 7 nitrogen and oxygen atoms in total. The quantitative estimate of drug-likeness (QED) is 0.460. The van der Waals surface area contributed by atoms with Crippen molar-refractivity contribution in [3.05, 3.63) is 65.4 Å². The maximum atomic E-state index is 14.1. The van der Waals surface area contributed by atoms with Crippen LogP contribution in [-0.2, 0) is 0 Å². The summed E-state index contributed by atoms with van der Waals surface area (Å²) < 4.78 is 39.6. The summed E-state index contributed by atoms with van der Waals surface area (Å²) in [7, 11) is 1.00. The van der Waals surface area contributed by atoms with E-state index >= 15 is 0 Å². The summed E-state index contributed by atoms with van der Waals surface area (Å²) in [4.78, 5) is 20.2. The summed E-state index contributed by atoms with van der Waals surface area (Å²) in [6.07, 6.45) is 1.61. The zero-order valence-electron chi connectivity index (χ0n) is 21.9. The fraction of sp³-hybridized carbons (Fsp3) is 0.379. The van der Waals surface area contributed by atoms with Crippen molar-refractivity contribution in [3.63, 3.8) is 0 Å². The van der Waals surface area contributed by atoms with Crippen molar-refractivity contribution < 1.29 is 28.2 Å². The number of hydrogen-bond donors (Lipinski definition) is 2. The zero-order valence-corrected chi connectivity index (χ0v) is 21.9. The van der Waals surface area contributed by atoms with Crippen LogP contribution in [-0.4, -0.2) is 55.3 Å². The first kappa shape index (κ1) is 27.3. The molecule has 3 heterocycles. The number of benzene rings is 2. The molecule has 1 aromatic heterocycles. The van der Waals surface area contributed by atoms with E-state index in [4.69, 9.17) is 14.6 Å². The van der Waals surface area contributed by atoms with Gasteiger partial charge in [0.1, 0.15) is 19.0 Å². The van der Waals surface area contributed by atoms with E-state index in [0.29, 0.717) is 54.7 Å². The van der Waals surface area contributed by atoms with Gasteiger partial charge in [-0.3, -0.25) is 4.79 Å². The predicted octanol–water partition coefficient (Wildman–Crippen LogP) is 5.62. The molecule has 1 saturated heterocycles. The molecule has 2 aromatic carbocycles. The van der Waals surface area contributed by atoms with E-state index in [1.807, 2.05) is 61.2 Å². The normalized spacial score (nSPS) is 16.1. The first-order valence-corrected chi connectivity index (χ1v) is 12.7. The largest absolute Gasteiger partial charge is 0.486 e. The summed E-state index contributed by atoms with van der Waals surface area (Å²) in [5.41, 5.74) is 4.39. The summed E-state index contributed by atoms with van der Waals surface area (Å²) in [6, 6.07) is 13.2. The lowest BCUT2D eigenvalue weighted by atomic mass is 9.97. The number of fused-ring (bicyclic) bond motifs is 1. The molecule has 0 saturated carbocycles. The minimum Gasteiger partial charge on any atom is -0.486 e. The number of aromatic nitrogens is 1. The molecule has 1 amide bonds. The lowest BCUT2D eigenvalue weighted by molar-refractivity contribution is -0.0102. The third-order valence-corrected chi connectivity index (χ3v) is 6.69. The Labute approximate surface area is 221 Å². The summed E-state index contributed by atoms with van der Waals surface area (Å²) in [5.74, 6) is -1.29. The zero-order chi connectivity index (χ0) is 27.3. The highest BCUT2D eigenvalue weighted by atomic mass is 19.3. The fourth-order valence-corrected chi connectivity index (χ4v) is 4.80. The van der Waals surface area contributed by atoms with Gasteiger partial charge in [-0.15, -0.1) is 0 Å². The lowest BCUT2D eigenvalue weighted by Crippen LogP contribution is -2.30. The SMILES string of the molecule is CO.Cc1cccc(NC(=O)c2c(N3CCCC(F)(F)CC3)ncc(-c3ccc4c(c3)OCCO4)c2C)c1. The van der Waals surface area contributed by atoms with Crippen molar-refractivity contribution in [3.8, 4) is 22.6 Å². The first-order chi connectivity index (χ1) is 18.3. The summed E-state index contributed by atoms with van der Waals surface area (Å²) in [6.45, 7) is 5.34. The Kier molecular flexibility index (Phi) is 8.46. The van der Waals surface area contributed by atoms with Gasteiger partial charge in [0.25, 0.3) is 5.91 Å². The highest BCUT2D eigenvalue weighted by Gasteiger charge is 2.33. The van der Waals surface area contributed by atoms with Gasteiger partial charge < -0.3 is 24.8 Å². The number of carbonyl (C=O) groups excluding carboxylic acids is 1. The number of aryl methyl sites for hydroxylation is 1. The van der Waals surface area contributed by atoms with Crippen LogP contribution in [0.15, 0.2) is 48.7 Å². The fourth-order valence-electron chi connectivity index (χ4n) is 4.80. The molecule has 2 aliphatic rings. The number of hydrogen-bond acceptors (Lipinski definition) is 6. The van der Waals surface area contributed by atoms with E-state index in [0.717, 1.165) is 29.4 Å². The summed E-state index contributed by atoms with van der Waals surface area (Å²) in [5, 5.41) is 9.98.